The Hall–Kier alpha value is -2.50. The summed E-state index contributed by atoms with van der Waals surface area (Å²) in [6.45, 7) is 0.609. The van der Waals surface area contributed by atoms with Crippen LogP contribution in [0.5, 0.6) is 0 Å². The van der Waals surface area contributed by atoms with Crippen molar-refractivity contribution in [2.45, 2.75) is 43.9 Å². The largest absolute Gasteiger partial charge is 0.368 e. The zero-order valence-electron chi connectivity index (χ0n) is 18.3. The van der Waals surface area contributed by atoms with E-state index in [0.717, 1.165) is 11.0 Å². The SMILES string of the molecule is CCS(=O)(=O)N[C@@H]1[C@H](Cc2cccc(-c3cccc(F)c3)c2F)N(C(=O)[C@@H]2CCO2)CC1(F)F. The van der Waals surface area contributed by atoms with Gasteiger partial charge in [-0.05, 0) is 36.6 Å². The molecule has 4 rings (SSSR count). The molecule has 2 aromatic carbocycles. The average molecular weight is 501 g/mol. The van der Waals surface area contributed by atoms with E-state index in [2.05, 4.69) is 0 Å². The number of rotatable bonds is 7. The molecule has 0 saturated carbocycles. The normalized spacial score (nSPS) is 24.1. The molecule has 11 heteroatoms. The van der Waals surface area contributed by atoms with Crippen molar-refractivity contribution in [3.63, 3.8) is 0 Å². The lowest BCUT2D eigenvalue weighted by molar-refractivity contribution is -0.158. The smallest absolute Gasteiger partial charge is 0.283 e. The number of hydrogen-bond donors (Lipinski definition) is 1. The predicted octanol–water partition coefficient (Wildman–Crippen LogP) is 3.12. The molecule has 0 aliphatic carbocycles. The van der Waals surface area contributed by atoms with Crippen molar-refractivity contribution in [1.82, 2.24) is 9.62 Å². The van der Waals surface area contributed by atoms with Crippen LogP contribution < -0.4 is 4.72 Å². The van der Waals surface area contributed by atoms with Crippen molar-refractivity contribution in [3.8, 4) is 11.1 Å². The number of alkyl halides is 2. The van der Waals surface area contributed by atoms with Crippen molar-refractivity contribution in [1.29, 1.82) is 0 Å². The van der Waals surface area contributed by atoms with E-state index in [1.165, 1.54) is 43.3 Å². The van der Waals surface area contributed by atoms with Gasteiger partial charge in [-0.3, -0.25) is 4.79 Å². The average Bonchev–Trinajstić information content (AvgIpc) is 2.98. The number of sulfonamides is 1. The summed E-state index contributed by atoms with van der Waals surface area (Å²) >= 11 is 0. The summed E-state index contributed by atoms with van der Waals surface area (Å²) in [6.07, 6.45) is -0.897. The van der Waals surface area contributed by atoms with E-state index in [1.807, 2.05) is 4.72 Å². The Morgan fingerprint density at radius 1 is 1.21 bits per heavy atom. The van der Waals surface area contributed by atoms with Crippen LogP contribution in [0.1, 0.15) is 18.9 Å². The number of carbonyl (C=O) groups is 1. The molecule has 0 bridgehead atoms. The highest BCUT2D eigenvalue weighted by atomic mass is 32.2. The molecule has 0 radical (unpaired) electrons. The molecule has 2 fully saturated rings. The van der Waals surface area contributed by atoms with Crippen LogP contribution in [0, 0.1) is 11.6 Å². The number of carbonyl (C=O) groups excluding carboxylic acids is 1. The van der Waals surface area contributed by atoms with E-state index in [4.69, 9.17) is 4.74 Å². The topological polar surface area (TPSA) is 75.7 Å². The predicted molar refractivity (Wildman–Crippen MR) is 117 cm³/mol. The van der Waals surface area contributed by atoms with E-state index in [0.29, 0.717) is 13.0 Å². The first-order valence-electron chi connectivity index (χ1n) is 10.9. The number of amides is 1. The summed E-state index contributed by atoms with van der Waals surface area (Å²) in [5.41, 5.74) is 0.320. The summed E-state index contributed by atoms with van der Waals surface area (Å²) in [4.78, 5) is 13.8. The highest BCUT2D eigenvalue weighted by Crippen LogP contribution is 2.37. The Balaban J connectivity index is 1.72. The fourth-order valence-corrected chi connectivity index (χ4v) is 5.16. The lowest BCUT2D eigenvalue weighted by atomic mass is 9.95. The van der Waals surface area contributed by atoms with Gasteiger partial charge >= 0.3 is 0 Å². The van der Waals surface area contributed by atoms with Crippen molar-refractivity contribution in [2.24, 2.45) is 0 Å². The maximum absolute atomic E-state index is 15.5. The Bertz CT molecular complexity index is 1190. The molecule has 0 spiro atoms. The summed E-state index contributed by atoms with van der Waals surface area (Å²) < 4.78 is 90.7. The molecular formula is C23H24F4N2O4S. The van der Waals surface area contributed by atoms with Crippen LogP contribution in [0.4, 0.5) is 17.6 Å². The number of ether oxygens (including phenoxy) is 1. The number of hydrogen-bond acceptors (Lipinski definition) is 4. The molecule has 1 amide bonds. The van der Waals surface area contributed by atoms with Gasteiger partial charge in [-0.2, -0.15) is 0 Å². The van der Waals surface area contributed by atoms with Crippen LogP contribution in [0.3, 0.4) is 0 Å². The third-order valence-electron chi connectivity index (χ3n) is 6.21. The van der Waals surface area contributed by atoms with Crippen LogP contribution >= 0.6 is 0 Å². The Kier molecular flexibility index (Phi) is 6.71. The molecular weight excluding hydrogens is 476 g/mol. The van der Waals surface area contributed by atoms with Crippen molar-refractivity contribution < 1.29 is 35.5 Å². The first-order valence-corrected chi connectivity index (χ1v) is 12.5. The van der Waals surface area contributed by atoms with E-state index in [-0.39, 0.29) is 23.1 Å². The molecule has 2 heterocycles. The number of benzene rings is 2. The second-order valence-corrected chi connectivity index (χ2v) is 10.5. The molecule has 0 aromatic heterocycles. The zero-order valence-corrected chi connectivity index (χ0v) is 19.1. The maximum atomic E-state index is 15.5. The van der Waals surface area contributed by atoms with Gasteiger partial charge in [0.15, 0.2) is 0 Å². The van der Waals surface area contributed by atoms with Gasteiger partial charge in [0.1, 0.15) is 23.8 Å². The van der Waals surface area contributed by atoms with Crippen LogP contribution in [-0.4, -0.2) is 62.2 Å². The minimum atomic E-state index is -4.06. The Morgan fingerprint density at radius 2 is 1.91 bits per heavy atom. The first kappa shape index (κ1) is 24.6. The Morgan fingerprint density at radius 3 is 2.53 bits per heavy atom. The third kappa shape index (κ3) is 4.82. The molecule has 6 nitrogen and oxygen atoms in total. The van der Waals surface area contributed by atoms with Gasteiger partial charge in [0.05, 0.1) is 24.9 Å². The molecule has 34 heavy (non-hydrogen) atoms. The lowest BCUT2D eigenvalue weighted by Crippen LogP contribution is -2.54. The van der Waals surface area contributed by atoms with Crippen molar-refractivity contribution in [2.75, 3.05) is 18.9 Å². The fourth-order valence-electron chi connectivity index (χ4n) is 4.27. The molecule has 2 aliphatic rings. The second-order valence-electron chi connectivity index (χ2n) is 8.43. The van der Waals surface area contributed by atoms with Gasteiger partial charge < -0.3 is 9.64 Å². The van der Waals surface area contributed by atoms with Gasteiger partial charge in [0.25, 0.3) is 11.8 Å². The van der Waals surface area contributed by atoms with Crippen LogP contribution in [0.2, 0.25) is 0 Å². The number of halogens is 4. The molecule has 0 unspecified atom stereocenters. The quantitative estimate of drug-likeness (QED) is 0.593. The molecule has 3 atom stereocenters. The van der Waals surface area contributed by atoms with E-state index in [9.17, 15) is 17.6 Å². The standard InChI is InChI=1S/C23H24F4N2O4S/c1-2-34(31,32)28-21-18(29(13-23(21,26)27)22(30)19-9-10-33-19)12-15-6-4-8-17(20(15)25)14-5-3-7-16(24)11-14/h3-8,11,18-19,21,28H,2,9-10,12-13H2,1H3/t18-,19-,21+/m0/s1. The minimum Gasteiger partial charge on any atom is -0.368 e. The minimum absolute atomic E-state index is 0.00233. The Labute approximate surface area is 194 Å². The number of nitrogens with one attached hydrogen (secondary N) is 1. The second kappa shape index (κ2) is 9.27. The molecule has 2 aromatic rings. The summed E-state index contributed by atoms with van der Waals surface area (Å²) in [6, 6.07) is 6.29. The highest BCUT2D eigenvalue weighted by Gasteiger charge is 2.58. The van der Waals surface area contributed by atoms with Gasteiger partial charge in [-0.25, -0.2) is 30.7 Å². The summed E-state index contributed by atoms with van der Waals surface area (Å²) in [7, 11) is -4.06. The van der Waals surface area contributed by atoms with Crippen molar-refractivity contribution in [3.05, 3.63) is 59.7 Å². The fraction of sp³-hybridized carbons (Fsp3) is 0.435. The molecule has 2 aliphatic heterocycles. The summed E-state index contributed by atoms with van der Waals surface area (Å²) in [5.74, 6) is -6.02. The van der Waals surface area contributed by atoms with Gasteiger partial charge in [0, 0.05) is 12.0 Å². The zero-order chi connectivity index (χ0) is 24.7. The van der Waals surface area contributed by atoms with Gasteiger partial charge in [-0.15, -0.1) is 0 Å². The van der Waals surface area contributed by atoms with E-state index < -0.39 is 64.0 Å². The lowest BCUT2D eigenvalue weighted by Gasteiger charge is -2.34. The molecule has 2 saturated heterocycles. The number of nitrogens with zero attached hydrogens (tertiary/aromatic N) is 1. The van der Waals surface area contributed by atoms with Crippen LogP contribution in [0.15, 0.2) is 42.5 Å². The third-order valence-corrected chi connectivity index (χ3v) is 7.58. The first-order chi connectivity index (χ1) is 16.0. The van der Waals surface area contributed by atoms with Crippen LogP contribution in [0.25, 0.3) is 11.1 Å². The van der Waals surface area contributed by atoms with Crippen molar-refractivity contribution >= 4 is 15.9 Å². The van der Waals surface area contributed by atoms with E-state index >= 15 is 13.2 Å². The highest BCUT2D eigenvalue weighted by molar-refractivity contribution is 7.89. The molecule has 1 N–H and O–H groups in total. The monoisotopic (exact) mass is 500 g/mol. The van der Waals surface area contributed by atoms with Gasteiger partial charge in [-0.1, -0.05) is 30.3 Å². The van der Waals surface area contributed by atoms with Gasteiger partial charge in [0.2, 0.25) is 10.0 Å². The van der Waals surface area contributed by atoms with Crippen LogP contribution in [-0.2, 0) is 26.0 Å². The summed E-state index contributed by atoms with van der Waals surface area (Å²) in [5, 5.41) is 0. The number of likely N-dealkylation sites (tertiary alicyclic amines) is 1. The maximum Gasteiger partial charge on any atom is 0.283 e. The van der Waals surface area contributed by atoms with E-state index in [1.54, 1.807) is 0 Å². The molecule has 184 valence electrons.